The zero-order chi connectivity index (χ0) is 13.4. The highest BCUT2D eigenvalue weighted by atomic mass is 32.1. The van der Waals surface area contributed by atoms with Gasteiger partial charge in [0.25, 0.3) is 5.56 Å². The Bertz CT molecular complexity index is 803. The molecule has 0 aromatic carbocycles. The van der Waals surface area contributed by atoms with E-state index in [2.05, 4.69) is 10.2 Å². The Balaban J connectivity index is 2.16. The van der Waals surface area contributed by atoms with Gasteiger partial charge in [0.2, 0.25) is 0 Å². The normalized spacial score (nSPS) is 10.9. The highest BCUT2D eigenvalue weighted by Crippen LogP contribution is 2.23. The first-order valence-electron chi connectivity index (χ1n) is 5.36. The second kappa shape index (κ2) is 4.32. The SMILES string of the molecule is O=C(O)Cn1ncn2nc(-c3cccs3)cc2c1=O. The largest absolute Gasteiger partial charge is 0.480 e. The molecule has 0 saturated carbocycles. The molecule has 3 rings (SSSR count). The number of hydrogen-bond acceptors (Lipinski definition) is 5. The van der Waals surface area contributed by atoms with Crippen LogP contribution < -0.4 is 5.56 Å². The number of hydrogen-bond donors (Lipinski definition) is 1. The van der Waals surface area contributed by atoms with Crippen molar-refractivity contribution in [1.82, 2.24) is 19.4 Å². The maximum absolute atomic E-state index is 12.0. The van der Waals surface area contributed by atoms with Crippen molar-refractivity contribution in [1.29, 1.82) is 0 Å². The number of thiophene rings is 1. The molecule has 0 aliphatic heterocycles. The highest BCUT2D eigenvalue weighted by molar-refractivity contribution is 7.13. The van der Waals surface area contributed by atoms with Crippen LogP contribution in [-0.4, -0.2) is 30.5 Å². The first-order chi connectivity index (χ1) is 9.15. The van der Waals surface area contributed by atoms with Crippen molar-refractivity contribution < 1.29 is 9.90 Å². The summed E-state index contributed by atoms with van der Waals surface area (Å²) in [6.07, 6.45) is 1.33. The topological polar surface area (TPSA) is 89.5 Å². The van der Waals surface area contributed by atoms with E-state index in [0.29, 0.717) is 11.2 Å². The molecule has 0 atom stereocenters. The van der Waals surface area contributed by atoms with Crippen molar-refractivity contribution in [2.24, 2.45) is 0 Å². The molecule has 0 spiro atoms. The summed E-state index contributed by atoms with van der Waals surface area (Å²) in [5.41, 5.74) is 0.502. The van der Waals surface area contributed by atoms with Gasteiger partial charge in [0, 0.05) is 0 Å². The van der Waals surface area contributed by atoms with Gasteiger partial charge in [0.15, 0.2) is 0 Å². The lowest BCUT2D eigenvalue weighted by Crippen LogP contribution is -2.27. The molecule has 0 unspecified atom stereocenters. The molecule has 0 fully saturated rings. The van der Waals surface area contributed by atoms with E-state index < -0.39 is 18.1 Å². The molecule has 3 aromatic heterocycles. The van der Waals surface area contributed by atoms with Crippen molar-refractivity contribution in [3.05, 3.63) is 40.3 Å². The van der Waals surface area contributed by atoms with Crippen LogP contribution in [0.3, 0.4) is 0 Å². The fourth-order valence-corrected chi connectivity index (χ4v) is 2.40. The van der Waals surface area contributed by atoms with Gasteiger partial charge in [-0.3, -0.25) is 9.59 Å². The van der Waals surface area contributed by atoms with Crippen LogP contribution in [0.2, 0.25) is 0 Å². The molecular formula is C11H8N4O3S. The third kappa shape index (κ3) is 2.02. The van der Waals surface area contributed by atoms with Crippen LogP contribution in [0.1, 0.15) is 0 Å². The van der Waals surface area contributed by atoms with E-state index in [1.807, 2.05) is 17.5 Å². The summed E-state index contributed by atoms with van der Waals surface area (Å²) in [5.74, 6) is -1.11. The minimum Gasteiger partial charge on any atom is -0.480 e. The third-order valence-corrected chi connectivity index (χ3v) is 3.44. The van der Waals surface area contributed by atoms with Crippen molar-refractivity contribution in [3.63, 3.8) is 0 Å². The van der Waals surface area contributed by atoms with Crippen molar-refractivity contribution in [2.75, 3.05) is 0 Å². The van der Waals surface area contributed by atoms with Gasteiger partial charge in [0.1, 0.15) is 24.1 Å². The fourth-order valence-electron chi connectivity index (χ4n) is 1.72. The molecule has 8 heteroatoms. The Hall–Kier alpha value is -2.48. The fraction of sp³-hybridized carbons (Fsp3) is 0.0909. The second-order valence-corrected chi connectivity index (χ2v) is 4.77. The average Bonchev–Trinajstić information content (AvgIpc) is 3.00. The van der Waals surface area contributed by atoms with E-state index in [9.17, 15) is 9.59 Å². The van der Waals surface area contributed by atoms with Gasteiger partial charge < -0.3 is 5.11 Å². The third-order valence-electron chi connectivity index (χ3n) is 2.55. The summed E-state index contributed by atoms with van der Waals surface area (Å²) in [4.78, 5) is 23.6. The van der Waals surface area contributed by atoms with Gasteiger partial charge in [-0.15, -0.1) is 11.3 Å². The van der Waals surface area contributed by atoms with E-state index in [1.165, 1.54) is 22.2 Å². The molecule has 0 radical (unpaired) electrons. The van der Waals surface area contributed by atoms with Crippen molar-refractivity contribution in [2.45, 2.75) is 6.54 Å². The van der Waals surface area contributed by atoms with E-state index in [0.717, 1.165) is 9.56 Å². The van der Waals surface area contributed by atoms with Crippen LogP contribution in [0, 0.1) is 0 Å². The van der Waals surface area contributed by atoms with Crippen LogP contribution in [0.15, 0.2) is 34.7 Å². The van der Waals surface area contributed by atoms with Crippen LogP contribution in [-0.2, 0) is 11.3 Å². The molecule has 96 valence electrons. The molecule has 0 aliphatic rings. The minimum atomic E-state index is -1.11. The summed E-state index contributed by atoms with van der Waals surface area (Å²) in [5, 5.41) is 18.6. The lowest BCUT2D eigenvalue weighted by Gasteiger charge is -1.99. The predicted molar refractivity (Wildman–Crippen MR) is 68.2 cm³/mol. The Kier molecular flexibility index (Phi) is 2.64. The van der Waals surface area contributed by atoms with Gasteiger partial charge in [-0.25, -0.2) is 9.20 Å². The second-order valence-electron chi connectivity index (χ2n) is 3.82. The summed E-state index contributed by atoms with van der Waals surface area (Å²) in [6.45, 7) is -0.463. The molecule has 0 saturated heterocycles. The predicted octanol–water partition coefficient (Wildman–Crippen LogP) is 0.704. The number of rotatable bonds is 3. The van der Waals surface area contributed by atoms with Crippen LogP contribution in [0.5, 0.6) is 0 Å². The number of nitrogens with zero attached hydrogens (tertiary/aromatic N) is 4. The first-order valence-corrected chi connectivity index (χ1v) is 6.24. The van der Waals surface area contributed by atoms with Crippen molar-refractivity contribution >= 4 is 22.8 Å². The molecule has 0 aliphatic carbocycles. The number of carboxylic acid groups (broad SMARTS) is 1. The van der Waals surface area contributed by atoms with Gasteiger partial charge in [-0.2, -0.15) is 10.2 Å². The summed E-state index contributed by atoms with van der Waals surface area (Å²) in [7, 11) is 0. The Labute approximate surface area is 110 Å². The van der Waals surface area contributed by atoms with Gasteiger partial charge in [-0.05, 0) is 17.5 Å². The average molecular weight is 276 g/mol. The van der Waals surface area contributed by atoms with E-state index in [1.54, 1.807) is 6.07 Å². The molecule has 0 amide bonds. The van der Waals surface area contributed by atoms with Crippen LogP contribution in [0.4, 0.5) is 0 Å². The lowest BCUT2D eigenvalue weighted by molar-refractivity contribution is -0.138. The standard InChI is InChI=1S/C11H8N4O3S/c16-10(17)5-14-11(18)8-4-7(9-2-1-3-19-9)13-15(8)6-12-14/h1-4,6H,5H2,(H,16,17). The molecular weight excluding hydrogens is 268 g/mol. The Morgan fingerprint density at radius 3 is 3.00 bits per heavy atom. The zero-order valence-corrected chi connectivity index (χ0v) is 10.4. The summed E-state index contributed by atoms with van der Waals surface area (Å²) >= 11 is 1.51. The molecule has 19 heavy (non-hydrogen) atoms. The number of carbonyl (C=O) groups is 1. The van der Waals surface area contributed by atoms with Gasteiger partial charge in [-0.1, -0.05) is 6.07 Å². The maximum Gasteiger partial charge on any atom is 0.325 e. The Morgan fingerprint density at radius 1 is 1.47 bits per heavy atom. The van der Waals surface area contributed by atoms with E-state index in [4.69, 9.17) is 5.11 Å². The van der Waals surface area contributed by atoms with Crippen LogP contribution >= 0.6 is 11.3 Å². The zero-order valence-electron chi connectivity index (χ0n) is 9.55. The number of aliphatic carboxylic acids is 1. The van der Waals surface area contributed by atoms with E-state index >= 15 is 0 Å². The van der Waals surface area contributed by atoms with Crippen LogP contribution in [0.25, 0.3) is 16.1 Å². The smallest absolute Gasteiger partial charge is 0.325 e. The first kappa shape index (κ1) is 11.6. The Morgan fingerprint density at radius 2 is 2.32 bits per heavy atom. The molecule has 3 heterocycles. The number of fused-ring (bicyclic) bond motifs is 1. The van der Waals surface area contributed by atoms with Gasteiger partial charge >= 0.3 is 5.97 Å². The molecule has 0 bridgehead atoms. The number of aromatic nitrogens is 4. The summed E-state index contributed by atoms with van der Waals surface area (Å²) in [6, 6.07) is 5.43. The van der Waals surface area contributed by atoms with Crippen molar-refractivity contribution in [3.8, 4) is 10.6 Å². The van der Waals surface area contributed by atoms with E-state index in [-0.39, 0.29) is 0 Å². The molecule has 3 aromatic rings. The molecule has 7 nitrogen and oxygen atoms in total. The lowest BCUT2D eigenvalue weighted by atomic mass is 10.3. The number of carboxylic acids is 1. The highest BCUT2D eigenvalue weighted by Gasteiger charge is 2.11. The maximum atomic E-state index is 12.0. The summed E-state index contributed by atoms with van der Waals surface area (Å²) < 4.78 is 2.26. The van der Waals surface area contributed by atoms with Gasteiger partial charge in [0.05, 0.1) is 4.88 Å². The minimum absolute atomic E-state index is 0.305. The quantitative estimate of drug-likeness (QED) is 0.760. The molecule has 1 N–H and O–H groups in total. The monoisotopic (exact) mass is 276 g/mol.